The monoisotopic (exact) mass is 321 g/mol. The normalized spacial score (nSPS) is 13.6. The van der Waals surface area contributed by atoms with Crippen LogP contribution in [0.25, 0.3) is 0 Å². The summed E-state index contributed by atoms with van der Waals surface area (Å²) in [6.07, 6.45) is -0.136. The van der Waals surface area contributed by atoms with Gasteiger partial charge >= 0.3 is 0 Å². The zero-order valence-electron chi connectivity index (χ0n) is 9.77. The van der Waals surface area contributed by atoms with Crippen molar-refractivity contribution in [2.24, 2.45) is 0 Å². The molecule has 1 atom stereocenters. The van der Waals surface area contributed by atoms with Gasteiger partial charge < -0.3 is 5.11 Å². The van der Waals surface area contributed by atoms with E-state index in [1.54, 1.807) is 19.1 Å². The minimum atomic E-state index is -3.54. The van der Waals surface area contributed by atoms with Gasteiger partial charge in [0.1, 0.15) is 0 Å². The largest absolute Gasteiger partial charge is 0.392 e. The fourth-order valence-electron chi connectivity index (χ4n) is 1.22. The van der Waals surface area contributed by atoms with Gasteiger partial charge in [-0.15, -0.1) is 0 Å². The molecule has 0 aliphatic heterocycles. The molecule has 2 N–H and O–H groups in total. The molecule has 0 aromatic heterocycles. The second-order valence-electron chi connectivity index (χ2n) is 3.82. The van der Waals surface area contributed by atoms with Crippen LogP contribution in [-0.2, 0) is 10.0 Å². The van der Waals surface area contributed by atoms with Crippen molar-refractivity contribution in [2.75, 3.05) is 6.54 Å². The van der Waals surface area contributed by atoms with Crippen LogP contribution in [0, 0.1) is 6.92 Å². The van der Waals surface area contributed by atoms with Gasteiger partial charge in [0.2, 0.25) is 10.0 Å². The SMILES string of the molecule is CCC(O)CNS(=O)(=O)c1ccc(Br)c(C)c1. The molecule has 0 fully saturated rings. The second kappa shape index (κ2) is 5.95. The number of halogens is 1. The quantitative estimate of drug-likeness (QED) is 0.869. The van der Waals surface area contributed by atoms with Gasteiger partial charge in [-0.2, -0.15) is 0 Å². The average Bonchev–Trinajstić information content (AvgIpc) is 2.29. The number of rotatable bonds is 5. The molecule has 1 aromatic rings. The van der Waals surface area contributed by atoms with Gasteiger partial charge in [0.05, 0.1) is 11.0 Å². The van der Waals surface area contributed by atoms with E-state index in [1.807, 2.05) is 6.92 Å². The Morgan fingerprint density at radius 1 is 1.47 bits per heavy atom. The maximum atomic E-state index is 11.9. The summed E-state index contributed by atoms with van der Waals surface area (Å²) in [6, 6.07) is 4.81. The number of aryl methyl sites for hydroxylation is 1. The lowest BCUT2D eigenvalue weighted by Crippen LogP contribution is -2.31. The van der Waals surface area contributed by atoms with Gasteiger partial charge in [-0.25, -0.2) is 13.1 Å². The maximum absolute atomic E-state index is 11.9. The molecule has 1 unspecified atom stereocenters. The Kier molecular flexibility index (Phi) is 5.12. The lowest BCUT2D eigenvalue weighted by molar-refractivity contribution is 0.174. The van der Waals surface area contributed by atoms with Crippen molar-refractivity contribution in [1.82, 2.24) is 4.72 Å². The van der Waals surface area contributed by atoms with Crippen LogP contribution in [0.4, 0.5) is 0 Å². The molecule has 1 rings (SSSR count). The highest BCUT2D eigenvalue weighted by Crippen LogP contribution is 2.19. The summed E-state index contributed by atoms with van der Waals surface area (Å²) in [5.41, 5.74) is 0.851. The van der Waals surface area contributed by atoms with E-state index >= 15 is 0 Å². The van der Waals surface area contributed by atoms with Gasteiger partial charge in [0.15, 0.2) is 0 Å². The molecule has 6 heteroatoms. The molecule has 0 radical (unpaired) electrons. The van der Waals surface area contributed by atoms with E-state index in [9.17, 15) is 13.5 Å². The summed E-state index contributed by atoms with van der Waals surface area (Å²) in [5, 5.41) is 9.33. The van der Waals surface area contributed by atoms with E-state index in [1.165, 1.54) is 6.07 Å². The Hall–Kier alpha value is -0.430. The number of benzene rings is 1. The summed E-state index contributed by atoms with van der Waals surface area (Å²) < 4.78 is 27.0. The van der Waals surface area contributed by atoms with Crippen molar-refractivity contribution in [3.05, 3.63) is 28.2 Å². The van der Waals surface area contributed by atoms with E-state index < -0.39 is 16.1 Å². The van der Waals surface area contributed by atoms with Crippen molar-refractivity contribution in [3.63, 3.8) is 0 Å². The fourth-order valence-corrected chi connectivity index (χ4v) is 2.62. The van der Waals surface area contributed by atoms with Crippen molar-refractivity contribution >= 4 is 26.0 Å². The highest BCUT2D eigenvalue weighted by molar-refractivity contribution is 9.10. The minimum absolute atomic E-state index is 0.0357. The molecule has 0 bridgehead atoms. The number of hydrogen-bond acceptors (Lipinski definition) is 3. The molecule has 96 valence electrons. The summed E-state index contributed by atoms with van der Waals surface area (Å²) in [5.74, 6) is 0. The molecule has 0 saturated heterocycles. The molecule has 0 amide bonds. The van der Waals surface area contributed by atoms with Crippen molar-refractivity contribution in [2.45, 2.75) is 31.3 Å². The Morgan fingerprint density at radius 3 is 2.65 bits per heavy atom. The first-order chi connectivity index (χ1) is 7.86. The Bertz CT molecular complexity index is 487. The zero-order valence-corrected chi connectivity index (χ0v) is 12.2. The predicted octanol–water partition coefficient (Wildman–Crippen LogP) is 1.81. The number of nitrogens with one attached hydrogen (secondary N) is 1. The second-order valence-corrected chi connectivity index (χ2v) is 6.45. The highest BCUT2D eigenvalue weighted by Gasteiger charge is 2.15. The molecular formula is C11H16BrNO3S. The smallest absolute Gasteiger partial charge is 0.240 e. The van der Waals surface area contributed by atoms with Crippen molar-refractivity contribution in [3.8, 4) is 0 Å². The molecule has 0 aliphatic carbocycles. The molecule has 17 heavy (non-hydrogen) atoms. The van der Waals surface area contributed by atoms with Crippen LogP contribution in [0.2, 0.25) is 0 Å². The average molecular weight is 322 g/mol. The molecule has 1 aromatic carbocycles. The van der Waals surface area contributed by atoms with Crippen LogP contribution < -0.4 is 4.72 Å². The summed E-state index contributed by atoms with van der Waals surface area (Å²) in [7, 11) is -3.54. The predicted molar refractivity (Wildman–Crippen MR) is 70.4 cm³/mol. The molecule has 0 aliphatic rings. The van der Waals surface area contributed by atoms with Crippen LogP contribution in [0.3, 0.4) is 0 Å². The van der Waals surface area contributed by atoms with Gasteiger partial charge in [-0.1, -0.05) is 22.9 Å². The Balaban J connectivity index is 2.86. The summed E-state index contributed by atoms with van der Waals surface area (Å²) in [4.78, 5) is 0.210. The third-order valence-electron chi connectivity index (χ3n) is 2.42. The fraction of sp³-hybridized carbons (Fsp3) is 0.455. The van der Waals surface area contributed by atoms with Crippen molar-refractivity contribution in [1.29, 1.82) is 0 Å². The number of aliphatic hydroxyl groups is 1. The zero-order chi connectivity index (χ0) is 13.1. The van der Waals surface area contributed by atoms with E-state index in [0.717, 1.165) is 10.0 Å². The van der Waals surface area contributed by atoms with Crippen LogP contribution in [0.15, 0.2) is 27.6 Å². The third kappa shape index (κ3) is 4.06. The molecule has 0 spiro atoms. The maximum Gasteiger partial charge on any atom is 0.240 e. The highest BCUT2D eigenvalue weighted by atomic mass is 79.9. The Morgan fingerprint density at radius 2 is 2.12 bits per heavy atom. The number of sulfonamides is 1. The summed E-state index contributed by atoms with van der Waals surface area (Å²) >= 11 is 3.31. The first-order valence-electron chi connectivity index (χ1n) is 5.30. The molecular weight excluding hydrogens is 306 g/mol. The van der Waals surface area contributed by atoms with E-state index in [4.69, 9.17) is 0 Å². The topological polar surface area (TPSA) is 66.4 Å². The van der Waals surface area contributed by atoms with Gasteiger partial charge in [0, 0.05) is 11.0 Å². The van der Waals surface area contributed by atoms with E-state index in [0.29, 0.717) is 6.42 Å². The molecule has 0 heterocycles. The van der Waals surface area contributed by atoms with Crippen LogP contribution in [0.1, 0.15) is 18.9 Å². The third-order valence-corrected chi connectivity index (χ3v) is 4.73. The van der Waals surface area contributed by atoms with Gasteiger partial charge in [0.25, 0.3) is 0 Å². The van der Waals surface area contributed by atoms with Crippen LogP contribution >= 0.6 is 15.9 Å². The first kappa shape index (κ1) is 14.6. The van der Waals surface area contributed by atoms with E-state index in [2.05, 4.69) is 20.7 Å². The Labute approximate surface area is 110 Å². The van der Waals surface area contributed by atoms with Gasteiger partial charge in [-0.05, 0) is 37.1 Å². The van der Waals surface area contributed by atoms with E-state index in [-0.39, 0.29) is 11.4 Å². The molecule has 4 nitrogen and oxygen atoms in total. The number of hydrogen-bond donors (Lipinski definition) is 2. The standard InChI is InChI=1S/C11H16BrNO3S/c1-3-9(14)7-13-17(15,16)10-4-5-11(12)8(2)6-10/h4-6,9,13-14H,3,7H2,1-2H3. The molecule has 0 saturated carbocycles. The van der Waals surface area contributed by atoms with Gasteiger partial charge in [-0.3, -0.25) is 0 Å². The van der Waals surface area contributed by atoms with Crippen molar-refractivity contribution < 1.29 is 13.5 Å². The van der Waals surface area contributed by atoms with Crippen LogP contribution in [-0.4, -0.2) is 26.2 Å². The lowest BCUT2D eigenvalue weighted by Gasteiger charge is -2.11. The lowest BCUT2D eigenvalue weighted by atomic mass is 10.2. The summed E-state index contributed by atoms with van der Waals surface area (Å²) in [6.45, 7) is 3.65. The van der Waals surface area contributed by atoms with Crippen LogP contribution in [0.5, 0.6) is 0 Å². The minimum Gasteiger partial charge on any atom is -0.392 e. The first-order valence-corrected chi connectivity index (χ1v) is 7.58. The number of aliphatic hydroxyl groups excluding tert-OH is 1.